The molecule has 6 heteroatoms. The number of nitrogens with zero attached hydrogens (tertiary/aromatic N) is 3. The molecule has 1 unspecified atom stereocenters. The smallest absolute Gasteiger partial charge is 0.147 e. The summed E-state index contributed by atoms with van der Waals surface area (Å²) in [6.07, 6.45) is 1.84. The summed E-state index contributed by atoms with van der Waals surface area (Å²) in [7, 11) is 1.92. The highest BCUT2D eigenvalue weighted by molar-refractivity contribution is 7.09. The van der Waals surface area contributed by atoms with E-state index in [1.807, 2.05) is 23.3 Å². The predicted molar refractivity (Wildman–Crippen MR) is 80.7 cm³/mol. The fraction of sp³-hybridized carbons (Fsp3) is 0.538. The third-order valence-electron chi connectivity index (χ3n) is 3.11. The van der Waals surface area contributed by atoms with Crippen LogP contribution in [0.4, 0.5) is 11.5 Å². The molecule has 104 valence electrons. The molecule has 0 bridgehead atoms. The monoisotopic (exact) mass is 279 g/mol. The summed E-state index contributed by atoms with van der Waals surface area (Å²) in [4.78, 5) is 4.33. The Kier molecular flexibility index (Phi) is 4.09. The number of anilines is 2. The van der Waals surface area contributed by atoms with Crippen molar-refractivity contribution in [2.45, 2.75) is 32.6 Å². The van der Waals surface area contributed by atoms with Gasteiger partial charge < -0.3 is 11.1 Å². The number of nitrogens with one attached hydrogen (secondary N) is 1. The number of nitrogen functional groups attached to an aromatic ring is 1. The maximum absolute atomic E-state index is 6.15. The Morgan fingerprint density at radius 3 is 2.68 bits per heavy atom. The summed E-state index contributed by atoms with van der Waals surface area (Å²) in [6.45, 7) is 7.15. The van der Waals surface area contributed by atoms with Crippen LogP contribution in [-0.4, -0.2) is 21.3 Å². The third kappa shape index (κ3) is 2.89. The Morgan fingerprint density at radius 2 is 2.16 bits per heavy atom. The fourth-order valence-electron chi connectivity index (χ4n) is 2.01. The van der Waals surface area contributed by atoms with Gasteiger partial charge >= 0.3 is 0 Å². The summed E-state index contributed by atoms with van der Waals surface area (Å²) < 4.78 is 1.82. The molecule has 2 rings (SSSR count). The van der Waals surface area contributed by atoms with Crippen LogP contribution in [0.3, 0.4) is 0 Å². The van der Waals surface area contributed by atoms with Gasteiger partial charge in [-0.25, -0.2) is 4.98 Å². The SMILES string of the molecule is CC(C)c1nn(C)c(NCC(C)c2nccs2)c1N. The minimum absolute atomic E-state index is 0.332. The lowest BCUT2D eigenvalue weighted by atomic mass is 10.1. The van der Waals surface area contributed by atoms with E-state index in [1.54, 1.807) is 11.3 Å². The first-order valence-corrected chi connectivity index (χ1v) is 7.34. The van der Waals surface area contributed by atoms with Crippen LogP contribution in [0.5, 0.6) is 0 Å². The van der Waals surface area contributed by atoms with Crippen LogP contribution in [0.1, 0.15) is 43.3 Å². The highest BCUT2D eigenvalue weighted by Crippen LogP contribution is 2.28. The van der Waals surface area contributed by atoms with Crippen LogP contribution in [0, 0.1) is 0 Å². The number of hydrogen-bond donors (Lipinski definition) is 2. The van der Waals surface area contributed by atoms with Crippen molar-refractivity contribution < 1.29 is 0 Å². The van der Waals surface area contributed by atoms with Crippen molar-refractivity contribution in [2.75, 3.05) is 17.6 Å². The summed E-state index contributed by atoms with van der Waals surface area (Å²) >= 11 is 1.68. The lowest BCUT2D eigenvalue weighted by molar-refractivity contribution is 0.708. The van der Waals surface area contributed by atoms with Crippen molar-refractivity contribution in [2.24, 2.45) is 7.05 Å². The van der Waals surface area contributed by atoms with Crippen molar-refractivity contribution in [3.05, 3.63) is 22.3 Å². The Balaban J connectivity index is 2.08. The van der Waals surface area contributed by atoms with Gasteiger partial charge in [-0.05, 0) is 5.92 Å². The number of rotatable bonds is 5. The first-order valence-electron chi connectivity index (χ1n) is 6.46. The summed E-state index contributed by atoms with van der Waals surface area (Å²) in [5, 5.41) is 11.0. The summed E-state index contributed by atoms with van der Waals surface area (Å²) in [5.74, 6) is 1.59. The molecule has 0 amide bonds. The number of nitrogens with two attached hydrogens (primary N) is 1. The molecule has 0 fully saturated rings. The second kappa shape index (κ2) is 5.61. The van der Waals surface area contributed by atoms with Gasteiger partial charge in [-0.15, -0.1) is 11.3 Å². The maximum Gasteiger partial charge on any atom is 0.147 e. The molecule has 2 aromatic rings. The van der Waals surface area contributed by atoms with Crippen LogP contribution in [0.15, 0.2) is 11.6 Å². The van der Waals surface area contributed by atoms with Crippen molar-refractivity contribution in [1.82, 2.24) is 14.8 Å². The molecular formula is C13H21N5S. The fourth-order valence-corrected chi connectivity index (χ4v) is 2.71. The third-order valence-corrected chi connectivity index (χ3v) is 4.12. The van der Waals surface area contributed by atoms with Crippen molar-refractivity contribution >= 4 is 22.8 Å². The highest BCUT2D eigenvalue weighted by atomic mass is 32.1. The quantitative estimate of drug-likeness (QED) is 0.883. The standard InChI is InChI=1S/C13H21N5S/c1-8(2)11-10(14)12(18(4)17-11)16-7-9(3)13-15-5-6-19-13/h5-6,8-9,16H,7,14H2,1-4H3. The molecule has 0 aromatic carbocycles. The number of thiazole rings is 1. The van der Waals surface area contributed by atoms with Gasteiger partial charge in [0.05, 0.1) is 16.4 Å². The van der Waals surface area contributed by atoms with Gasteiger partial charge in [0.25, 0.3) is 0 Å². The molecule has 0 aliphatic rings. The van der Waals surface area contributed by atoms with E-state index in [0.29, 0.717) is 11.8 Å². The lowest BCUT2D eigenvalue weighted by Crippen LogP contribution is -2.13. The van der Waals surface area contributed by atoms with E-state index in [2.05, 4.69) is 36.2 Å². The average molecular weight is 279 g/mol. The molecule has 1 atom stereocenters. The molecule has 0 radical (unpaired) electrons. The van der Waals surface area contributed by atoms with Gasteiger partial charge in [-0.1, -0.05) is 20.8 Å². The first kappa shape index (κ1) is 13.9. The molecule has 19 heavy (non-hydrogen) atoms. The molecule has 0 saturated heterocycles. The Hall–Kier alpha value is -1.56. The predicted octanol–water partition coefficient (Wildman–Crippen LogP) is 2.80. The second-order valence-electron chi connectivity index (χ2n) is 5.08. The number of aromatic nitrogens is 3. The van der Waals surface area contributed by atoms with E-state index < -0.39 is 0 Å². The maximum atomic E-state index is 6.15. The lowest BCUT2D eigenvalue weighted by Gasteiger charge is -2.12. The topological polar surface area (TPSA) is 68.8 Å². The summed E-state index contributed by atoms with van der Waals surface area (Å²) in [5.41, 5.74) is 7.86. The second-order valence-corrected chi connectivity index (χ2v) is 6.00. The van der Waals surface area contributed by atoms with Crippen LogP contribution in [0.2, 0.25) is 0 Å². The van der Waals surface area contributed by atoms with Gasteiger partial charge in [0, 0.05) is 31.1 Å². The molecule has 2 aromatic heterocycles. The molecule has 3 N–H and O–H groups in total. The van der Waals surface area contributed by atoms with Crippen molar-refractivity contribution in [3.63, 3.8) is 0 Å². The normalized spacial score (nSPS) is 12.9. The Bertz CT molecular complexity index is 529. The Morgan fingerprint density at radius 1 is 1.42 bits per heavy atom. The van der Waals surface area contributed by atoms with Crippen molar-refractivity contribution in [3.8, 4) is 0 Å². The van der Waals surface area contributed by atoms with Crippen molar-refractivity contribution in [1.29, 1.82) is 0 Å². The van der Waals surface area contributed by atoms with E-state index in [0.717, 1.165) is 28.8 Å². The molecule has 5 nitrogen and oxygen atoms in total. The molecule has 0 saturated carbocycles. The first-order chi connectivity index (χ1) is 9.00. The van der Waals surface area contributed by atoms with Crippen LogP contribution < -0.4 is 11.1 Å². The van der Waals surface area contributed by atoms with E-state index in [-0.39, 0.29) is 0 Å². The van der Waals surface area contributed by atoms with E-state index in [1.165, 1.54) is 0 Å². The minimum Gasteiger partial charge on any atom is -0.394 e. The zero-order valence-corrected chi connectivity index (χ0v) is 12.7. The van der Waals surface area contributed by atoms with Gasteiger partial charge in [0.2, 0.25) is 0 Å². The molecule has 0 spiro atoms. The molecular weight excluding hydrogens is 258 g/mol. The zero-order chi connectivity index (χ0) is 14.0. The van der Waals surface area contributed by atoms with Gasteiger partial charge in [0.1, 0.15) is 5.82 Å². The van der Waals surface area contributed by atoms with Crippen LogP contribution in [-0.2, 0) is 7.05 Å². The number of aryl methyl sites for hydroxylation is 1. The average Bonchev–Trinajstić information content (AvgIpc) is 2.96. The van der Waals surface area contributed by atoms with E-state index >= 15 is 0 Å². The van der Waals surface area contributed by atoms with Gasteiger partial charge in [0.15, 0.2) is 0 Å². The molecule has 2 heterocycles. The van der Waals surface area contributed by atoms with E-state index in [9.17, 15) is 0 Å². The van der Waals surface area contributed by atoms with Crippen LogP contribution in [0.25, 0.3) is 0 Å². The zero-order valence-electron chi connectivity index (χ0n) is 11.8. The molecule has 0 aliphatic carbocycles. The van der Waals surface area contributed by atoms with Crippen LogP contribution >= 0.6 is 11.3 Å². The van der Waals surface area contributed by atoms with Gasteiger partial charge in [-0.3, -0.25) is 4.68 Å². The number of hydrogen-bond acceptors (Lipinski definition) is 5. The molecule has 0 aliphatic heterocycles. The summed E-state index contributed by atoms with van der Waals surface area (Å²) in [6, 6.07) is 0. The Labute approximate surface area is 117 Å². The van der Waals surface area contributed by atoms with E-state index in [4.69, 9.17) is 5.73 Å². The minimum atomic E-state index is 0.332. The van der Waals surface area contributed by atoms with Gasteiger partial charge in [-0.2, -0.15) is 5.10 Å². The largest absolute Gasteiger partial charge is 0.394 e. The highest BCUT2D eigenvalue weighted by Gasteiger charge is 2.17.